The van der Waals surface area contributed by atoms with Gasteiger partial charge in [-0.1, -0.05) is 0 Å². The summed E-state index contributed by atoms with van der Waals surface area (Å²) >= 11 is 0. The van der Waals surface area contributed by atoms with E-state index < -0.39 is 0 Å². The van der Waals surface area contributed by atoms with Crippen molar-refractivity contribution in [2.45, 2.75) is 38.1 Å². The number of hydrogen-bond acceptors (Lipinski definition) is 4. The fourth-order valence-corrected chi connectivity index (χ4v) is 2.82. The average molecular weight is 226 g/mol. The predicted octanol–water partition coefficient (Wildman–Crippen LogP) is 0.753. The lowest BCUT2D eigenvalue weighted by Crippen LogP contribution is -2.40. The molecule has 1 aliphatic heterocycles. The molecule has 0 radical (unpaired) electrons. The molecule has 0 bridgehead atoms. The van der Waals surface area contributed by atoms with E-state index in [2.05, 4.69) is 4.90 Å². The molecule has 1 aliphatic carbocycles. The number of nitrogens with two attached hydrogens (primary N) is 1. The first kappa shape index (κ1) is 11.9. The Morgan fingerprint density at radius 2 is 2.31 bits per heavy atom. The van der Waals surface area contributed by atoms with Crippen LogP contribution in [0.15, 0.2) is 0 Å². The molecule has 0 aromatic rings. The fourth-order valence-electron chi connectivity index (χ4n) is 2.82. The highest BCUT2D eigenvalue weighted by atomic mass is 16.5. The second-order valence-electron chi connectivity index (χ2n) is 5.19. The first-order chi connectivity index (χ1) is 7.71. The number of carbonyl (C=O) groups is 1. The maximum Gasteiger partial charge on any atom is 0.323 e. The summed E-state index contributed by atoms with van der Waals surface area (Å²) in [6.45, 7) is 2.83. The maximum absolute atomic E-state index is 11.6. The minimum absolute atomic E-state index is 0.000231. The molecular formula is C12H22N2O2. The quantitative estimate of drug-likeness (QED) is 0.703. The van der Waals surface area contributed by atoms with E-state index >= 15 is 0 Å². The van der Waals surface area contributed by atoms with Crippen molar-refractivity contribution >= 4 is 5.97 Å². The number of ether oxygens (including phenoxy) is 1. The van der Waals surface area contributed by atoms with Crippen molar-refractivity contribution < 1.29 is 9.53 Å². The molecule has 0 aromatic heterocycles. The maximum atomic E-state index is 11.6. The number of esters is 1. The van der Waals surface area contributed by atoms with Gasteiger partial charge >= 0.3 is 5.97 Å². The van der Waals surface area contributed by atoms with Crippen LogP contribution in [0.5, 0.6) is 0 Å². The lowest BCUT2D eigenvalue weighted by molar-refractivity contribution is -0.146. The molecule has 2 rings (SSSR count). The van der Waals surface area contributed by atoms with Crippen molar-refractivity contribution in [2.75, 3.05) is 26.7 Å². The van der Waals surface area contributed by atoms with E-state index in [0.29, 0.717) is 5.41 Å². The Bertz CT molecular complexity index is 264. The fraction of sp³-hybridized carbons (Fsp3) is 0.917. The van der Waals surface area contributed by atoms with Gasteiger partial charge in [0.15, 0.2) is 0 Å². The Morgan fingerprint density at radius 3 is 2.88 bits per heavy atom. The molecule has 0 aromatic carbocycles. The minimum Gasteiger partial charge on any atom is -0.468 e. The van der Waals surface area contributed by atoms with Crippen LogP contribution in [-0.2, 0) is 9.53 Å². The van der Waals surface area contributed by atoms with Gasteiger partial charge in [-0.25, -0.2) is 0 Å². The van der Waals surface area contributed by atoms with Gasteiger partial charge in [0.05, 0.1) is 7.11 Å². The van der Waals surface area contributed by atoms with Crippen LogP contribution in [0.25, 0.3) is 0 Å². The monoisotopic (exact) mass is 226 g/mol. The Labute approximate surface area is 97.1 Å². The zero-order valence-electron chi connectivity index (χ0n) is 10.1. The summed E-state index contributed by atoms with van der Waals surface area (Å²) in [6, 6.07) is 0.000231. The van der Waals surface area contributed by atoms with E-state index in [0.717, 1.165) is 38.9 Å². The van der Waals surface area contributed by atoms with E-state index in [1.165, 1.54) is 20.0 Å². The normalized spacial score (nSPS) is 28.0. The average Bonchev–Trinajstić information content (AvgIpc) is 2.87. The number of nitrogens with zero attached hydrogens (tertiary/aromatic N) is 1. The SMILES string of the molecule is COC(=O)C1CCCN1CC1(CCN)CC1. The molecule has 1 heterocycles. The molecule has 2 fully saturated rings. The minimum atomic E-state index is -0.0685. The number of rotatable bonds is 5. The summed E-state index contributed by atoms with van der Waals surface area (Å²) < 4.78 is 4.85. The second kappa shape index (κ2) is 4.72. The van der Waals surface area contributed by atoms with E-state index in [-0.39, 0.29) is 12.0 Å². The summed E-state index contributed by atoms with van der Waals surface area (Å²) in [5.74, 6) is -0.0685. The molecular weight excluding hydrogens is 204 g/mol. The Morgan fingerprint density at radius 1 is 1.56 bits per heavy atom. The molecule has 0 spiro atoms. The van der Waals surface area contributed by atoms with Gasteiger partial charge in [0.25, 0.3) is 0 Å². The second-order valence-corrected chi connectivity index (χ2v) is 5.19. The topological polar surface area (TPSA) is 55.6 Å². The van der Waals surface area contributed by atoms with Gasteiger partial charge in [-0.2, -0.15) is 0 Å². The van der Waals surface area contributed by atoms with Crippen LogP contribution in [0.1, 0.15) is 32.1 Å². The summed E-state index contributed by atoms with van der Waals surface area (Å²) in [5.41, 5.74) is 6.06. The number of likely N-dealkylation sites (tertiary alicyclic amines) is 1. The van der Waals surface area contributed by atoms with Crippen molar-refractivity contribution in [3.8, 4) is 0 Å². The number of methoxy groups -OCH3 is 1. The van der Waals surface area contributed by atoms with Crippen LogP contribution < -0.4 is 5.73 Å². The molecule has 2 N–H and O–H groups in total. The van der Waals surface area contributed by atoms with Crippen molar-refractivity contribution in [3.05, 3.63) is 0 Å². The van der Waals surface area contributed by atoms with E-state index in [9.17, 15) is 4.79 Å². The summed E-state index contributed by atoms with van der Waals surface area (Å²) in [4.78, 5) is 13.9. The van der Waals surface area contributed by atoms with E-state index in [1.54, 1.807) is 0 Å². The Hall–Kier alpha value is -0.610. The highest BCUT2D eigenvalue weighted by molar-refractivity contribution is 5.76. The van der Waals surface area contributed by atoms with Crippen molar-refractivity contribution in [2.24, 2.45) is 11.1 Å². The highest BCUT2D eigenvalue weighted by Gasteiger charge is 2.45. The van der Waals surface area contributed by atoms with Crippen LogP contribution >= 0.6 is 0 Å². The molecule has 1 unspecified atom stereocenters. The van der Waals surface area contributed by atoms with Gasteiger partial charge in [0, 0.05) is 6.54 Å². The van der Waals surface area contributed by atoms with Crippen LogP contribution in [-0.4, -0.2) is 43.7 Å². The van der Waals surface area contributed by atoms with Gasteiger partial charge in [0.2, 0.25) is 0 Å². The smallest absolute Gasteiger partial charge is 0.323 e. The van der Waals surface area contributed by atoms with Crippen LogP contribution in [0, 0.1) is 5.41 Å². The molecule has 16 heavy (non-hydrogen) atoms. The Balaban J connectivity index is 1.91. The highest BCUT2D eigenvalue weighted by Crippen LogP contribution is 2.49. The zero-order valence-corrected chi connectivity index (χ0v) is 10.1. The van der Waals surface area contributed by atoms with E-state index in [4.69, 9.17) is 10.5 Å². The molecule has 4 heteroatoms. The molecule has 1 saturated heterocycles. The predicted molar refractivity (Wildman–Crippen MR) is 61.9 cm³/mol. The van der Waals surface area contributed by atoms with Gasteiger partial charge < -0.3 is 10.5 Å². The molecule has 1 atom stereocenters. The molecule has 1 saturated carbocycles. The molecule has 4 nitrogen and oxygen atoms in total. The van der Waals surface area contributed by atoms with Crippen molar-refractivity contribution in [1.29, 1.82) is 0 Å². The molecule has 92 valence electrons. The van der Waals surface area contributed by atoms with Gasteiger partial charge in [-0.3, -0.25) is 9.69 Å². The standard InChI is InChI=1S/C12H22N2O2/c1-16-11(15)10-3-2-8-14(10)9-12(4-5-12)6-7-13/h10H,2-9,13H2,1H3. The van der Waals surface area contributed by atoms with Gasteiger partial charge in [-0.15, -0.1) is 0 Å². The first-order valence-electron chi connectivity index (χ1n) is 6.23. The Kier molecular flexibility index (Phi) is 3.50. The summed E-state index contributed by atoms with van der Waals surface area (Å²) in [7, 11) is 1.48. The molecule has 2 aliphatic rings. The van der Waals surface area contributed by atoms with Gasteiger partial charge in [0.1, 0.15) is 6.04 Å². The van der Waals surface area contributed by atoms with E-state index in [1.807, 2.05) is 0 Å². The lowest BCUT2D eigenvalue weighted by atomic mass is 10.0. The number of carbonyl (C=O) groups excluding carboxylic acids is 1. The largest absolute Gasteiger partial charge is 0.468 e. The van der Waals surface area contributed by atoms with Crippen molar-refractivity contribution in [1.82, 2.24) is 4.90 Å². The third kappa shape index (κ3) is 2.38. The lowest BCUT2D eigenvalue weighted by Gasteiger charge is -2.27. The molecule has 0 amide bonds. The summed E-state index contributed by atoms with van der Waals surface area (Å²) in [5, 5.41) is 0. The third-order valence-corrected chi connectivity index (χ3v) is 4.01. The van der Waals surface area contributed by atoms with Crippen LogP contribution in [0.3, 0.4) is 0 Å². The van der Waals surface area contributed by atoms with Gasteiger partial charge in [-0.05, 0) is 50.6 Å². The summed E-state index contributed by atoms with van der Waals surface area (Å²) in [6.07, 6.45) is 5.70. The van der Waals surface area contributed by atoms with Crippen molar-refractivity contribution in [3.63, 3.8) is 0 Å². The van der Waals surface area contributed by atoms with Crippen LogP contribution in [0.4, 0.5) is 0 Å². The first-order valence-corrected chi connectivity index (χ1v) is 6.23. The van der Waals surface area contributed by atoms with Crippen LogP contribution in [0.2, 0.25) is 0 Å². The third-order valence-electron chi connectivity index (χ3n) is 4.01. The zero-order chi connectivity index (χ0) is 11.6. The number of hydrogen-bond donors (Lipinski definition) is 1.